The molecule has 2 aromatic heterocycles. The van der Waals surface area contributed by atoms with Gasteiger partial charge in [0.25, 0.3) is 5.91 Å². The van der Waals surface area contributed by atoms with Gasteiger partial charge in [-0.1, -0.05) is 12.8 Å². The molecule has 0 bridgehead atoms. The second-order valence-electron chi connectivity index (χ2n) is 6.14. The molecule has 118 valence electrons. The number of pyridine rings is 1. The van der Waals surface area contributed by atoms with Crippen LogP contribution in [-0.2, 0) is 7.05 Å². The van der Waals surface area contributed by atoms with E-state index in [9.17, 15) is 9.90 Å². The third kappa shape index (κ3) is 2.83. The number of aliphatic hydroxyl groups is 1. The summed E-state index contributed by atoms with van der Waals surface area (Å²) in [6, 6.07) is 1.77. The van der Waals surface area contributed by atoms with E-state index < -0.39 is 6.10 Å². The largest absolute Gasteiger partial charge is 0.391 e. The minimum absolute atomic E-state index is 0.180. The lowest BCUT2D eigenvalue weighted by molar-refractivity contribution is 0.0842. The molecule has 2 heterocycles. The number of aromatic nitrogens is 3. The fraction of sp³-hybridized carbons (Fsp3) is 0.562. The van der Waals surface area contributed by atoms with E-state index in [4.69, 9.17) is 0 Å². The van der Waals surface area contributed by atoms with E-state index in [-0.39, 0.29) is 5.91 Å². The normalized spacial score (nSPS) is 17.0. The minimum atomic E-state index is -0.459. The van der Waals surface area contributed by atoms with E-state index in [0.29, 0.717) is 23.7 Å². The number of fused-ring (bicyclic) bond motifs is 1. The Morgan fingerprint density at radius 2 is 2.23 bits per heavy atom. The van der Waals surface area contributed by atoms with Gasteiger partial charge in [0.15, 0.2) is 5.65 Å². The number of nitrogens with zero attached hydrogens (tertiary/aromatic N) is 3. The van der Waals surface area contributed by atoms with Crippen LogP contribution in [0.3, 0.4) is 0 Å². The third-order valence-electron chi connectivity index (χ3n) is 4.49. The van der Waals surface area contributed by atoms with Gasteiger partial charge in [0.05, 0.1) is 23.3 Å². The lowest BCUT2D eigenvalue weighted by Crippen LogP contribution is -2.35. The van der Waals surface area contributed by atoms with Gasteiger partial charge in [0, 0.05) is 19.3 Å². The summed E-state index contributed by atoms with van der Waals surface area (Å²) in [5.74, 6) is 0.137. The molecule has 1 fully saturated rings. The molecule has 1 aliphatic carbocycles. The number of nitrogens with one attached hydrogen (secondary N) is 1. The van der Waals surface area contributed by atoms with Gasteiger partial charge in [0.2, 0.25) is 0 Å². The van der Waals surface area contributed by atoms with Crippen molar-refractivity contribution in [2.75, 3.05) is 6.54 Å². The fourth-order valence-corrected chi connectivity index (χ4v) is 3.23. The van der Waals surface area contributed by atoms with Gasteiger partial charge in [-0.3, -0.25) is 9.48 Å². The number of carbonyl (C=O) groups excluding carboxylic acids is 1. The molecule has 0 spiro atoms. The van der Waals surface area contributed by atoms with Crippen LogP contribution in [0.4, 0.5) is 0 Å². The SMILES string of the molecule is Cc1cc(C(=O)NCC(O)C2CCCC2)c2cnn(C)c2n1. The van der Waals surface area contributed by atoms with Crippen LogP contribution in [0.15, 0.2) is 12.3 Å². The first-order valence-corrected chi connectivity index (χ1v) is 7.82. The summed E-state index contributed by atoms with van der Waals surface area (Å²) in [5, 5.41) is 17.9. The second-order valence-corrected chi connectivity index (χ2v) is 6.14. The first-order chi connectivity index (χ1) is 10.6. The van der Waals surface area contributed by atoms with Crippen LogP contribution in [-0.4, -0.2) is 38.4 Å². The van der Waals surface area contributed by atoms with E-state index in [1.807, 2.05) is 6.92 Å². The summed E-state index contributed by atoms with van der Waals surface area (Å²) in [6.07, 6.45) is 5.66. The standard InChI is InChI=1S/C16H22N4O2/c1-10-7-12(13-8-18-20(2)15(13)19-10)16(22)17-9-14(21)11-5-3-4-6-11/h7-8,11,14,21H,3-6,9H2,1-2H3,(H,17,22). The molecule has 1 atom stereocenters. The molecule has 0 radical (unpaired) electrons. The molecule has 1 amide bonds. The molecule has 3 rings (SSSR count). The van der Waals surface area contributed by atoms with Crippen LogP contribution < -0.4 is 5.32 Å². The Labute approximate surface area is 129 Å². The van der Waals surface area contributed by atoms with Crippen molar-refractivity contribution in [1.82, 2.24) is 20.1 Å². The molecule has 1 unspecified atom stereocenters. The lowest BCUT2D eigenvalue weighted by Gasteiger charge is -2.18. The van der Waals surface area contributed by atoms with Crippen molar-refractivity contribution in [3.8, 4) is 0 Å². The minimum Gasteiger partial charge on any atom is -0.391 e. The molecular weight excluding hydrogens is 280 g/mol. The molecule has 1 aliphatic rings. The molecule has 0 aliphatic heterocycles. The van der Waals surface area contributed by atoms with Crippen LogP contribution in [0.2, 0.25) is 0 Å². The second kappa shape index (κ2) is 6.04. The van der Waals surface area contributed by atoms with Gasteiger partial charge in [-0.25, -0.2) is 4.98 Å². The van der Waals surface area contributed by atoms with E-state index in [0.717, 1.165) is 23.9 Å². The monoisotopic (exact) mass is 302 g/mol. The summed E-state index contributed by atoms with van der Waals surface area (Å²) in [6.45, 7) is 2.16. The number of aryl methyl sites for hydroxylation is 2. The highest BCUT2D eigenvalue weighted by Gasteiger charge is 2.24. The number of amides is 1. The van der Waals surface area contributed by atoms with Crippen molar-refractivity contribution in [3.05, 3.63) is 23.5 Å². The number of aliphatic hydroxyl groups excluding tert-OH is 1. The highest BCUT2D eigenvalue weighted by Crippen LogP contribution is 2.27. The predicted octanol–water partition coefficient (Wildman–Crippen LogP) is 1.56. The first kappa shape index (κ1) is 15.0. The van der Waals surface area contributed by atoms with Gasteiger partial charge in [0.1, 0.15) is 0 Å². The fourth-order valence-electron chi connectivity index (χ4n) is 3.23. The van der Waals surface area contributed by atoms with Crippen molar-refractivity contribution >= 4 is 16.9 Å². The molecule has 6 heteroatoms. The van der Waals surface area contributed by atoms with E-state index in [1.165, 1.54) is 12.8 Å². The van der Waals surface area contributed by atoms with Gasteiger partial charge in [-0.2, -0.15) is 5.10 Å². The lowest BCUT2D eigenvalue weighted by atomic mass is 10.0. The van der Waals surface area contributed by atoms with Crippen molar-refractivity contribution in [1.29, 1.82) is 0 Å². The molecule has 6 nitrogen and oxygen atoms in total. The summed E-state index contributed by atoms with van der Waals surface area (Å²) >= 11 is 0. The number of carbonyl (C=O) groups is 1. The molecule has 0 aromatic carbocycles. The molecule has 2 N–H and O–H groups in total. The van der Waals surface area contributed by atoms with Crippen LogP contribution in [0.5, 0.6) is 0 Å². The average Bonchev–Trinajstić information content (AvgIpc) is 3.14. The van der Waals surface area contributed by atoms with Gasteiger partial charge >= 0.3 is 0 Å². The smallest absolute Gasteiger partial charge is 0.252 e. The van der Waals surface area contributed by atoms with Crippen molar-refractivity contribution in [2.45, 2.75) is 38.7 Å². The maximum absolute atomic E-state index is 12.5. The maximum atomic E-state index is 12.5. The first-order valence-electron chi connectivity index (χ1n) is 7.82. The number of hydrogen-bond donors (Lipinski definition) is 2. The van der Waals surface area contributed by atoms with Crippen molar-refractivity contribution < 1.29 is 9.90 Å². The third-order valence-corrected chi connectivity index (χ3v) is 4.49. The molecular formula is C16H22N4O2. The summed E-state index contributed by atoms with van der Waals surface area (Å²) < 4.78 is 1.66. The van der Waals surface area contributed by atoms with E-state index in [1.54, 1.807) is 24.0 Å². The Morgan fingerprint density at radius 1 is 1.50 bits per heavy atom. The van der Waals surface area contributed by atoms with Crippen LogP contribution in [0.1, 0.15) is 41.7 Å². The Kier molecular flexibility index (Phi) is 4.11. The van der Waals surface area contributed by atoms with E-state index >= 15 is 0 Å². The summed E-state index contributed by atoms with van der Waals surface area (Å²) in [7, 11) is 1.81. The summed E-state index contributed by atoms with van der Waals surface area (Å²) in [4.78, 5) is 16.9. The molecule has 0 saturated heterocycles. The molecule has 22 heavy (non-hydrogen) atoms. The highest BCUT2D eigenvalue weighted by atomic mass is 16.3. The van der Waals surface area contributed by atoms with E-state index in [2.05, 4.69) is 15.4 Å². The Hall–Kier alpha value is -1.95. The highest BCUT2D eigenvalue weighted by molar-refractivity contribution is 6.05. The van der Waals surface area contributed by atoms with Crippen LogP contribution in [0, 0.1) is 12.8 Å². The van der Waals surface area contributed by atoms with Crippen molar-refractivity contribution in [2.24, 2.45) is 13.0 Å². The molecule has 1 saturated carbocycles. The Morgan fingerprint density at radius 3 is 2.95 bits per heavy atom. The Balaban J connectivity index is 1.74. The van der Waals surface area contributed by atoms with Gasteiger partial charge in [-0.05, 0) is 31.7 Å². The Bertz CT molecular complexity index is 689. The van der Waals surface area contributed by atoms with Gasteiger partial charge < -0.3 is 10.4 Å². The van der Waals surface area contributed by atoms with Crippen LogP contribution >= 0.6 is 0 Å². The van der Waals surface area contributed by atoms with Crippen molar-refractivity contribution in [3.63, 3.8) is 0 Å². The summed E-state index contributed by atoms with van der Waals surface area (Å²) in [5.41, 5.74) is 2.04. The molecule has 2 aromatic rings. The number of hydrogen-bond acceptors (Lipinski definition) is 4. The quantitative estimate of drug-likeness (QED) is 0.898. The van der Waals surface area contributed by atoms with Gasteiger partial charge in [-0.15, -0.1) is 0 Å². The maximum Gasteiger partial charge on any atom is 0.252 e. The zero-order valence-corrected chi connectivity index (χ0v) is 13.0. The number of rotatable bonds is 4. The predicted molar refractivity (Wildman–Crippen MR) is 83.5 cm³/mol. The zero-order chi connectivity index (χ0) is 15.7. The average molecular weight is 302 g/mol. The zero-order valence-electron chi connectivity index (χ0n) is 13.0. The topological polar surface area (TPSA) is 80.0 Å². The van der Waals surface area contributed by atoms with Crippen LogP contribution in [0.25, 0.3) is 11.0 Å².